The summed E-state index contributed by atoms with van der Waals surface area (Å²) in [5, 5.41) is 0. The van der Waals surface area contributed by atoms with Gasteiger partial charge in [-0.2, -0.15) is 0 Å². The van der Waals surface area contributed by atoms with E-state index in [1.54, 1.807) is 0 Å². The second-order valence-corrected chi connectivity index (χ2v) is 7.52. The van der Waals surface area contributed by atoms with Crippen molar-refractivity contribution in [1.29, 1.82) is 0 Å². The summed E-state index contributed by atoms with van der Waals surface area (Å²) in [5.41, 5.74) is 1.32. The zero-order valence-corrected chi connectivity index (χ0v) is 16.2. The molecular weight excluding hydrogens is 373 g/mol. The second-order valence-electron chi connectivity index (χ2n) is 7.13. The predicted octanol–water partition coefficient (Wildman–Crippen LogP) is 5.14. The Balaban J connectivity index is 1.38. The Hall–Kier alpha value is -2.31. The van der Waals surface area contributed by atoms with Crippen molar-refractivity contribution in [2.24, 2.45) is 0 Å². The maximum absolute atomic E-state index is 13.0. The van der Waals surface area contributed by atoms with Gasteiger partial charge in [0.25, 0.3) is 0 Å². The summed E-state index contributed by atoms with van der Waals surface area (Å²) in [6.07, 6.45) is 2.74. The number of hydrogen-bond acceptors (Lipinski definition) is 3. The highest BCUT2D eigenvalue weighted by atomic mass is 32.1. The number of likely N-dealkylation sites (tertiary alicyclic amines) is 1. The fourth-order valence-corrected chi connectivity index (χ4v) is 4.18. The number of hydrogen-bond donors (Lipinski definition) is 1. The summed E-state index contributed by atoms with van der Waals surface area (Å²) in [6.45, 7) is 2.42. The average Bonchev–Trinajstić information content (AvgIpc) is 3.14. The molecular formula is C22H24FN3OS. The van der Waals surface area contributed by atoms with Crippen LogP contribution in [0.15, 0.2) is 48.4 Å². The minimum absolute atomic E-state index is 0.0131. The maximum Gasteiger partial charge on any atom is 0.178 e. The van der Waals surface area contributed by atoms with E-state index in [0.29, 0.717) is 27.8 Å². The lowest BCUT2D eigenvalue weighted by Gasteiger charge is -2.32. The van der Waals surface area contributed by atoms with Gasteiger partial charge in [0.1, 0.15) is 5.82 Å². The van der Waals surface area contributed by atoms with E-state index in [9.17, 15) is 9.18 Å². The number of aromatic nitrogens is 2. The van der Waals surface area contributed by atoms with E-state index in [0.717, 1.165) is 38.9 Å². The van der Waals surface area contributed by atoms with E-state index < -0.39 is 0 Å². The van der Waals surface area contributed by atoms with Crippen LogP contribution in [0.5, 0.6) is 0 Å². The van der Waals surface area contributed by atoms with Gasteiger partial charge in [0.2, 0.25) is 0 Å². The molecule has 1 saturated heterocycles. The predicted molar refractivity (Wildman–Crippen MR) is 112 cm³/mol. The van der Waals surface area contributed by atoms with Gasteiger partial charge in [-0.25, -0.2) is 4.39 Å². The number of piperidine rings is 1. The highest BCUT2D eigenvalue weighted by Gasteiger charge is 2.22. The molecule has 4 nitrogen and oxygen atoms in total. The topological polar surface area (TPSA) is 41.0 Å². The van der Waals surface area contributed by atoms with E-state index in [4.69, 9.17) is 17.7 Å². The van der Waals surface area contributed by atoms with Crippen LogP contribution in [0.3, 0.4) is 0 Å². The Labute approximate surface area is 174 Å². The molecule has 28 heavy (non-hydrogen) atoms. The number of halogens is 1. The molecule has 1 aliphatic rings. The molecule has 0 amide bonds. The number of rotatable bonds is 6. The fraction of sp³-hybridized carbons (Fsp3) is 0.364. The number of Topliss-reactive ketones (excluding diaryl/α,β-unsaturated/α-hetero) is 1. The monoisotopic (exact) mass is 401 g/mol. The third kappa shape index (κ3) is 4.08. The molecule has 0 aliphatic carbocycles. The van der Waals surface area contributed by atoms with Crippen LogP contribution in [0.25, 0.3) is 11.0 Å². The zero-order valence-electron chi connectivity index (χ0n) is 19.4. The first-order chi connectivity index (χ1) is 15.3. The lowest BCUT2D eigenvalue weighted by molar-refractivity contribution is 0.0970. The molecule has 4 rings (SSSR count). The summed E-state index contributed by atoms with van der Waals surface area (Å²) in [6, 6.07) is 4.98. The van der Waals surface area contributed by atoms with Crippen molar-refractivity contribution in [3.8, 4) is 0 Å². The molecule has 1 N–H and O–H groups in total. The molecule has 2 aromatic carbocycles. The third-order valence-electron chi connectivity index (χ3n) is 5.33. The minimum Gasteiger partial charge on any atom is -0.331 e. The quantitative estimate of drug-likeness (QED) is 0.459. The van der Waals surface area contributed by atoms with Gasteiger partial charge in [-0.05, 0) is 74.4 Å². The molecule has 146 valence electrons. The molecule has 0 radical (unpaired) electrons. The van der Waals surface area contributed by atoms with Gasteiger partial charge in [-0.3, -0.25) is 4.79 Å². The SMILES string of the molecule is [2H]c1c([2H])c([2H])c2c([nH]c(=S)n2C2CCN(CCCC(=O)c3ccc(F)cc3)CC2)c1[2H]. The van der Waals surface area contributed by atoms with Gasteiger partial charge in [0, 0.05) is 31.1 Å². The fourth-order valence-electron chi connectivity index (χ4n) is 3.84. The number of carbonyl (C=O) groups is 1. The molecule has 0 atom stereocenters. The largest absolute Gasteiger partial charge is 0.331 e. The second kappa shape index (κ2) is 8.37. The van der Waals surface area contributed by atoms with E-state index in [2.05, 4.69) is 9.88 Å². The molecule has 1 aliphatic heterocycles. The number of fused-ring (bicyclic) bond motifs is 1. The Bertz CT molecular complexity index is 1220. The number of nitrogens with zero attached hydrogens (tertiary/aromatic N) is 2. The van der Waals surface area contributed by atoms with Crippen molar-refractivity contribution in [2.45, 2.75) is 31.7 Å². The molecule has 6 heteroatoms. The number of aromatic amines is 1. The normalized spacial score (nSPS) is 17.9. The molecule has 1 fully saturated rings. The minimum atomic E-state index is -0.352. The van der Waals surface area contributed by atoms with Crippen molar-refractivity contribution >= 4 is 29.0 Å². The van der Waals surface area contributed by atoms with Crippen molar-refractivity contribution in [3.05, 3.63) is 64.6 Å². The van der Waals surface area contributed by atoms with Crippen LogP contribution in [-0.4, -0.2) is 39.9 Å². The summed E-state index contributed by atoms with van der Waals surface area (Å²) in [5.74, 6) is -0.339. The van der Waals surface area contributed by atoms with Crippen LogP contribution >= 0.6 is 12.2 Å². The van der Waals surface area contributed by atoms with Crippen molar-refractivity contribution in [2.75, 3.05) is 19.6 Å². The smallest absolute Gasteiger partial charge is 0.178 e. The van der Waals surface area contributed by atoms with Gasteiger partial charge in [0.15, 0.2) is 10.6 Å². The average molecular weight is 402 g/mol. The molecule has 0 spiro atoms. The highest BCUT2D eigenvalue weighted by Crippen LogP contribution is 2.27. The Morgan fingerprint density at radius 2 is 1.93 bits per heavy atom. The van der Waals surface area contributed by atoms with Gasteiger partial charge in [-0.1, -0.05) is 12.1 Å². The number of nitrogens with one attached hydrogen (secondary N) is 1. The summed E-state index contributed by atoms with van der Waals surface area (Å²) >= 11 is 5.47. The first kappa shape index (κ1) is 14.7. The third-order valence-corrected chi connectivity index (χ3v) is 5.62. The van der Waals surface area contributed by atoms with Gasteiger partial charge >= 0.3 is 0 Å². The lowest BCUT2D eigenvalue weighted by atomic mass is 10.0. The number of H-pyrrole nitrogens is 1. The molecule has 0 bridgehead atoms. The Kier molecular flexibility index (Phi) is 4.38. The maximum atomic E-state index is 13.0. The Morgan fingerprint density at radius 3 is 2.68 bits per heavy atom. The Morgan fingerprint density at radius 1 is 1.21 bits per heavy atom. The standard InChI is InChI=1S/C22H24FN3OS/c23-17-9-7-16(8-10-17)21(27)6-3-13-25-14-11-18(12-15-25)26-20-5-2-1-4-19(20)24-22(26)28/h1-2,4-5,7-10,18H,3,6,11-15H2,(H,24,28)/i1D,2D,4D,5D. The summed E-state index contributed by atoms with van der Waals surface area (Å²) in [4.78, 5) is 17.5. The molecule has 1 aromatic heterocycles. The van der Waals surface area contributed by atoms with Gasteiger partial charge < -0.3 is 14.5 Å². The summed E-state index contributed by atoms with van der Waals surface area (Å²) < 4.78 is 47.6. The molecule has 0 unspecified atom stereocenters. The summed E-state index contributed by atoms with van der Waals surface area (Å²) in [7, 11) is 0. The van der Waals surface area contributed by atoms with E-state index in [-0.39, 0.29) is 41.8 Å². The van der Waals surface area contributed by atoms with Crippen LogP contribution in [-0.2, 0) is 0 Å². The van der Waals surface area contributed by atoms with Crippen LogP contribution < -0.4 is 0 Å². The van der Waals surface area contributed by atoms with Crippen molar-refractivity contribution in [3.63, 3.8) is 0 Å². The molecule has 0 saturated carbocycles. The lowest BCUT2D eigenvalue weighted by Crippen LogP contribution is -2.35. The number of para-hydroxylation sites is 2. The van der Waals surface area contributed by atoms with Crippen LogP contribution in [0.1, 0.15) is 47.6 Å². The van der Waals surface area contributed by atoms with Crippen molar-refractivity contribution in [1.82, 2.24) is 14.5 Å². The van der Waals surface area contributed by atoms with Crippen molar-refractivity contribution < 1.29 is 14.7 Å². The number of ketones is 1. The van der Waals surface area contributed by atoms with E-state index >= 15 is 0 Å². The number of benzene rings is 2. The van der Waals surface area contributed by atoms with E-state index in [1.165, 1.54) is 24.3 Å². The van der Waals surface area contributed by atoms with E-state index in [1.807, 2.05) is 4.57 Å². The first-order valence-electron chi connectivity index (χ1n) is 11.5. The number of carbonyl (C=O) groups excluding carboxylic acids is 1. The zero-order chi connectivity index (χ0) is 23.0. The molecule has 2 heterocycles. The highest BCUT2D eigenvalue weighted by molar-refractivity contribution is 7.71. The van der Waals surface area contributed by atoms with Crippen LogP contribution in [0.4, 0.5) is 4.39 Å². The van der Waals surface area contributed by atoms with Crippen LogP contribution in [0, 0.1) is 10.6 Å². The van der Waals surface area contributed by atoms with Gasteiger partial charge in [0.05, 0.1) is 16.5 Å². The number of imidazole rings is 1. The molecule has 3 aromatic rings. The first-order valence-corrected chi connectivity index (χ1v) is 9.90. The van der Waals surface area contributed by atoms with Gasteiger partial charge in [-0.15, -0.1) is 0 Å². The van der Waals surface area contributed by atoms with Crippen LogP contribution in [0.2, 0.25) is 0 Å².